The molecule has 0 spiro atoms. The van der Waals surface area contributed by atoms with Gasteiger partial charge in [-0.15, -0.1) is 0 Å². The number of carbonyl (C=O) groups excluding carboxylic acids is 1. The van der Waals surface area contributed by atoms with E-state index in [1.54, 1.807) is 12.3 Å². The number of aromatic nitrogens is 2. The molecule has 29 heavy (non-hydrogen) atoms. The Morgan fingerprint density at radius 3 is 2.83 bits per heavy atom. The Balaban J connectivity index is 1.69. The highest BCUT2D eigenvalue weighted by Gasteiger charge is 2.29. The molecule has 1 N–H and O–H groups in total. The Bertz CT molecular complexity index is 1010. The van der Waals surface area contributed by atoms with Crippen LogP contribution in [0.5, 0.6) is 0 Å². The molecule has 3 aromatic rings. The summed E-state index contributed by atoms with van der Waals surface area (Å²) in [6.45, 7) is 5.04. The lowest BCUT2D eigenvalue weighted by Crippen LogP contribution is -2.41. The minimum Gasteiger partial charge on any atom is -0.446 e. The lowest BCUT2D eigenvalue weighted by atomic mass is 9.93. The van der Waals surface area contributed by atoms with Crippen LogP contribution >= 0.6 is 11.6 Å². The van der Waals surface area contributed by atoms with Crippen molar-refractivity contribution in [3.63, 3.8) is 0 Å². The summed E-state index contributed by atoms with van der Waals surface area (Å²) in [5.74, 6) is 0.378. The summed E-state index contributed by atoms with van der Waals surface area (Å²) in [5, 5.41) is 3.57. The number of rotatable bonds is 5. The van der Waals surface area contributed by atoms with Crippen LogP contribution in [0.1, 0.15) is 48.1 Å². The highest BCUT2D eigenvalue weighted by Crippen LogP contribution is 2.34. The topological polar surface area (TPSA) is 77.2 Å². The molecule has 1 aliphatic rings. The van der Waals surface area contributed by atoms with Crippen LogP contribution in [0.3, 0.4) is 0 Å². The first-order valence-electron chi connectivity index (χ1n) is 9.51. The van der Waals surface area contributed by atoms with Crippen LogP contribution in [-0.2, 0) is 10.3 Å². The van der Waals surface area contributed by atoms with Crippen molar-refractivity contribution >= 4 is 17.5 Å². The number of hydrogen-bond donors (Lipinski definition) is 1. The van der Waals surface area contributed by atoms with Crippen LogP contribution in [0, 0.1) is 0 Å². The van der Waals surface area contributed by atoms with E-state index in [4.69, 9.17) is 25.7 Å². The number of ether oxygens (including phenoxy) is 1. The van der Waals surface area contributed by atoms with Crippen LogP contribution in [0.25, 0.3) is 11.3 Å². The van der Waals surface area contributed by atoms with E-state index in [1.807, 2.05) is 44.2 Å². The van der Waals surface area contributed by atoms with Crippen molar-refractivity contribution in [1.29, 1.82) is 0 Å². The molecule has 2 aromatic heterocycles. The van der Waals surface area contributed by atoms with Gasteiger partial charge in [0.25, 0.3) is 5.91 Å². The quantitative estimate of drug-likeness (QED) is 0.666. The average Bonchev–Trinajstić information content (AvgIpc) is 3.41. The SMILES string of the molecule is CC(C)(NC(=O)c1ccc(C2CCOC2)c(-c2cccc(Cl)c2)n1)c1ncco1. The van der Waals surface area contributed by atoms with Gasteiger partial charge in [0.2, 0.25) is 5.89 Å². The lowest BCUT2D eigenvalue weighted by Gasteiger charge is -2.23. The van der Waals surface area contributed by atoms with Gasteiger partial charge in [0.15, 0.2) is 0 Å². The molecular formula is C22H22ClN3O3. The first-order valence-corrected chi connectivity index (χ1v) is 9.89. The molecule has 1 amide bonds. The average molecular weight is 412 g/mol. The predicted molar refractivity (Wildman–Crippen MR) is 110 cm³/mol. The van der Waals surface area contributed by atoms with Crippen LogP contribution in [-0.4, -0.2) is 29.1 Å². The number of nitrogens with zero attached hydrogens (tertiary/aromatic N) is 2. The highest BCUT2D eigenvalue weighted by atomic mass is 35.5. The Labute approximate surface area is 174 Å². The summed E-state index contributed by atoms with van der Waals surface area (Å²) in [7, 11) is 0. The van der Waals surface area contributed by atoms with Gasteiger partial charge in [0, 0.05) is 23.1 Å². The van der Waals surface area contributed by atoms with E-state index in [9.17, 15) is 4.79 Å². The molecule has 150 valence electrons. The van der Waals surface area contributed by atoms with E-state index in [0.29, 0.717) is 23.2 Å². The fourth-order valence-corrected chi connectivity index (χ4v) is 3.70. The van der Waals surface area contributed by atoms with Crippen LogP contribution < -0.4 is 5.32 Å². The molecule has 0 saturated carbocycles. The molecule has 0 aliphatic carbocycles. The smallest absolute Gasteiger partial charge is 0.270 e. The molecule has 0 bridgehead atoms. The standard InChI is InChI=1S/C22H22ClN3O3/c1-22(2,21-24-9-11-29-21)26-20(27)18-7-6-17(15-8-10-28-13-15)19(25-18)14-4-3-5-16(23)12-14/h3-7,9,11-12,15H,8,10,13H2,1-2H3,(H,26,27). The number of oxazole rings is 1. The Morgan fingerprint density at radius 1 is 1.28 bits per heavy atom. The van der Waals surface area contributed by atoms with Gasteiger partial charge < -0.3 is 14.5 Å². The number of carbonyl (C=O) groups is 1. The third-order valence-corrected chi connectivity index (χ3v) is 5.25. The number of hydrogen-bond acceptors (Lipinski definition) is 5. The molecular weight excluding hydrogens is 390 g/mol. The fourth-order valence-electron chi connectivity index (χ4n) is 3.51. The lowest BCUT2D eigenvalue weighted by molar-refractivity contribution is 0.0893. The largest absolute Gasteiger partial charge is 0.446 e. The first kappa shape index (κ1) is 19.6. The number of benzene rings is 1. The molecule has 6 nitrogen and oxygen atoms in total. The Morgan fingerprint density at radius 2 is 2.14 bits per heavy atom. The van der Waals surface area contributed by atoms with E-state index in [-0.39, 0.29) is 11.8 Å². The van der Waals surface area contributed by atoms with Crippen LogP contribution in [0.4, 0.5) is 0 Å². The maximum Gasteiger partial charge on any atom is 0.270 e. The van der Waals surface area contributed by atoms with Crippen molar-refractivity contribution in [1.82, 2.24) is 15.3 Å². The summed E-state index contributed by atoms with van der Waals surface area (Å²) in [5.41, 5.74) is 2.25. The third kappa shape index (κ3) is 4.18. The monoisotopic (exact) mass is 411 g/mol. The molecule has 4 rings (SSSR count). The second kappa shape index (κ2) is 7.97. The fraction of sp³-hybridized carbons (Fsp3) is 0.318. The molecule has 1 atom stereocenters. The molecule has 1 unspecified atom stereocenters. The Kier molecular flexibility index (Phi) is 5.39. The van der Waals surface area contributed by atoms with Gasteiger partial charge in [-0.3, -0.25) is 4.79 Å². The minimum atomic E-state index is -0.767. The minimum absolute atomic E-state index is 0.248. The van der Waals surface area contributed by atoms with E-state index in [0.717, 1.165) is 29.8 Å². The molecule has 1 aliphatic heterocycles. The Hall–Kier alpha value is -2.70. The van der Waals surface area contributed by atoms with Crippen molar-refractivity contribution in [2.24, 2.45) is 0 Å². The van der Waals surface area contributed by atoms with Gasteiger partial charge in [0.05, 0.1) is 18.5 Å². The second-order valence-electron chi connectivity index (χ2n) is 7.62. The van der Waals surface area contributed by atoms with Crippen molar-refractivity contribution in [3.8, 4) is 11.3 Å². The summed E-state index contributed by atoms with van der Waals surface area (Å²) < 4.78 is 10.9. The zero-order chi connectivity index (χ0) is 20.4. The van der Waals surface area contributed by atoms with Gasteiger partial charge in [-0.25, -0.2) is 9.97 Å². The normalized spacial score (nSPS) is 16.7. The number of pyridine rings is 1. The van der Waals surface area contributed by atoms with Gasteiger partial charge in [-0.1, -0.05) is 29.8 Å². The predicted octanol–water partition coefficient (Wildman–Crippen LogP) is 4.56. The van der Waals surface area contributed by atoms with Gasteiger partial charge in [-0.2, -0.15) is 0 Å². The van der Waals surface area contributed by atoms with Crippen molar-refractivity contribution in [2.45, 2.75) is 31.7 Å². The summed E-state index contributed by atoms with van der Waals surface area (Å²) >= 11 is 6.20. The molecule has 7 heteroatoms. The van der Waals surface area contributed by atoms with Gasteiger partial charge in [-0.05, 0) is 44.0 Å². The maximum atomic E-state index is 12.9. The summed E-state index contributed by atoms with van der Waals surface area (Å²) in [6, 6.07) is 11.2. The molecule has 1 aromatic carbocycles. The third-order valence-electron chi connectivity index (χ3n) is 5.02. The van der Waals surface area contributed by atoms with E-state index in [2.05, 4.69) is 10.3 Å². The summed E-state index contributed by atoms with van der Waals surface area (Å²) in [6.07, 6.45) is 3.96. The molecule has 3 heterocycles. The van der Waals surface area contributed by atoms with Crippen molar-refractivity contribution < 1.29 is 13.9 Å². The maximum absolute atomic E-state index is 12.9. The molecule has 1 fully saturated rings. The van der Waals surface area contributed by atoms with E-state index in [1.165, 1.54) is 6.26 Å². The van der Waals surface area contributed by atoms with Crippen molar-refractivity contribution in [3.05, 3.63) is 71.0 Å². The zero-order valence-corrected chi connectivity index (χ0v) is 17.1. The van der Waals surface area contributed by atoms with Gasteiger partial charge >= 0.3 is 0 Å². The van der Waals surface area contributed by atoms with E-state index >= 15 is 0 Å². The number of amides is 1. The van der Waals surface area contributed by atoms with Gasteiger partial charge in [0.1, 0.15) is 17.5 Å². The number of nitrogens with one attached hydrogen (secondary N) is 1. The first-order chi connectivity index (χ1) is 13.9. The highest BCUT2D eigenvalue weighted by molar-refractivity contribution is 6.30. The van der Waals surface area contributed by atoms with Crippen LogP contribution in [0.15, 0.2) is 53.3 Å². The summed E-state index contributed by atoms with van der Waals surface area (Å²) in [4.78, 5) is 21.8. The van der Waals surface area contributed by atoms with E-state index < -0.39 is 5.54 Å². The zero-order valence-electron chi connectivity index (χ0n) is 16.3. The molecule has 1 saturated heterocycles. The second-order valence-corrected chi connectivity index (χ2v) is 8.06. The van der Waals surface area contributed by atoms with Crippen LogP contribution in [0.2, 0.25) is 5.02 Å². The molecule has 0 radical (unpaired) electrons. The van der Waals surface area contributed by atoms with Crippen molar-refractivity contribution in [2.75, 3.05) is 13.2 Å². The number of halogens is 1.